The van der Waals surface area contributed by atoms with Crippen LogP contribution in [0.15, 0.2) is 65.8 Å². The van der Waals surface area contributed by atoms with Crippen LogP contribution in [0, 0.1) is 5.41 Å². The molecular weight excluding hydrogens is 546 g/mol. The minimum atomic E-state index is -3.88. The Kier molecular flexibility index (Phi) is 15.4. The zero-order chi connectivity index (χ0) is 31.0. The number of carbonyl (C=O) groups is 1. The van der Waals surface area contributed by atoms with Crippen molar-refractivity contribution < 1.29 is 22.5 Å². The summed E-state index contributed by atoms with van der Waals surface area (Å²) in [5.74, 6) is -0.922. The Morgan fingerprint density at radius 3 is 1.88 bits per heavy atom. The van der Waals surface area contributed by atoms with Crippen molar-refractivity contribution >= 4 is 28.0 Å². The molecule has 0 spiro atoms. The van der Waals surface area contributed by atoms with E-state index in [0.717, 1.165) is 12.0 Å². The molecule has 13 heteroatoms. The minimum Gasteiger partial charge on any atom is -0.460 e. The van der Waals surface area contributed by atoms with Crippen LogP contribution in [0.25, 0.3) is 0 Å². The fourth-order valence-corrected chi connectivity index (χ4v) is 4.89. The van der Waals surface area contributed by atoms with E-state index in [1.54, 1.807) is 30.3 Å². The quantitative estimate of drug-likeness (QED) is 0.0543. The van der Waals surface area contributed by atoms with Gasteiger partial charge in [0.2, 0.25) is 11.9 Å². The zero-order valence-corrected chi connectivity index (χ0v) is 25.1. The molecule has 8 N–H and O–H groups in total. The van der Waals surface area contributed by atoms with E-state index in [2.05, 4.69) is 37.7 Å². The van der Waals surface area contributed by atoms with E-state index in [4.69, 9.17) is 31.9 Å². The molecule has 1 atom stereocenters. The first-order valence-corrected chi connectivity index (χ1v) is 15.0. The molecule has 2 aromatic rings. The van der Waals surface area contributed by atoms with Gasteiger partial charge in [0.1, 0.15) is 18.4 Å². The Morgan fingerprint density at radius 1 is 0.927 bits per heavy atom. The summed E-state index contributed by atoms with van der Waals surface area (Å²) >= 11 is 0. The van der Waals surface area contributed by atoms with Gasteiger partial charge in [0.25, 0.3) is 10.1 Å². The van der Waals surface area contributed by atoms with Crippen LogP contribution < -0.4 is 17.2 Å². The van der Waals surface area contributed by atoms with Gasteiger partial charge in [-0.3, -0.25) is 19.7 Å². The van der Waals surface area contributed by atoms with Gasteiger partial charge in [-0.2, -0.15) is 8.42 Å². The van der Waals surface area contributed by atoms with E-state index in [0.29, 0.717) is 24.9 Å². The highest BCUT2D eigenvalue weighted by Crippen LogP contribution is 2.19. The van der Waals surface area contributed by atoms with Gasteiger partial charge in [-0.05, 0) is 58.1 Å². The molecule has 2 aromatic carbocycles. The maximum absolute atomic E-state index is 13.0. The number of hydrogen-bond acceptors (Lipinski definition) is 7. The molecule has 41 heavy (non-hydrogen) atoms. The molecule has 0 radical (unpaired) electrons. The first-order valence-electron chi connectivity index (χ1n) is 13.4. The number of nitrogens with two attached hydrogens (primary N) is 3. The van der Waals surface area contributed by atoms with Crippen molar-refractivity contribution in [1.82, 2.24) is 9.91 Å². The highest BCUT2D eigenvalue weighted by atomic mass is 32.2. The van der Waals surface area contributed by atoms with E-state index in [1.165, 1.54) is 5.01 Å². The number of nitrogens with zero attached hydrogens (tertiary/aromatic N) is 3. The second-order valence-corrected chi connectivity index (χ2v) is 11.4. The predicted molar refractivity (Wildman–Crippen MR) is 162 cm³/mol. The average molecular weight is 592 g/mol. The smallest absolute Gasteiger partial charge is 0.323 e. The third-order valence-electron chi connectivity index (χ3n) is 5.85. The molecule has 0 saturated heterocycles. The van der Waals surface area contributed by atoms with Gasteiger partial charge in [0.05, 0.1) is 0 Å². The van der Waals surface area contributed by atoms with Crippen molar-refractivity contribution in [2.45, 2.75) is 77.4 Å². The van der Waals surface area contributed by atoms with Crippen LogP contribution in [0.5, 0.6) is 0 Å². The van der Waals surface area contributed by atoms with Crippen LogP contribution in [-0.2, 0) is 32.0 Å². The lowest BCUT2D eigenvalue weighted by Gasteiger charge is -2.36. The van der Waals surface area contributed by atoms with E-state index >= 15 is 0 Å². The van der Waals surface area contributed by atoms with Gasteiger partial charge in [0.15, 0.2) is 0 Å². The van der Waals surface area contributed by atoms with Gasteiger partial charge in [-0.25, -0.2) is 5.01 Å². The summed E-state index contributed by atoms with van der Waals surface area (Å²) < 4.78 is 34.8. The largest absolute Gasteiger partial charge is 0.460 e. The summed E-state index contributed by atoms with van der Waals surface area (Å²) in [6.45, 7) is 8.95. The molecule has 2 rings (SSSR count). The van der Waals surface area contributed by atoms with Crippen LogP contribution in [0.4, 0.5) is 0 Å². The number of unbranched alkanes of at least 4 members (excludes halogenated alkanes) is 1. The summed E-state index contributed by atoms with van der Waals surface area (Å²) in [7, 11) is -3.88. The van der Waals surface area contributed by atoms with Gasteiger partial charge >= 0.3 is 5.97 Å². The van der Waals surface area contributed by atoms with Crippen molar-refractivity contribution in [2.75, 3.05) is 6.54 Å². The number of hydrazone groups is 1. The monoisotopic (exact) mass is 591 g/mol. The van der Waals surface area contributed by atoms with Crippen molar-refractivity contribution in [3.8, 4) is 0 Å². The van der Waals surface area contributed by atoms with E-state index in [9.17, 15) is 13.2 Å². The molecule has 0 aliphatic carbocycles. The molecule has 228 valence electrons. The van der Waals surface area contributed by atoms with Crippen molar-refractivity contribution in [3.63, 3.8) is 0 Å². The normalized spacial score (nSPS) is 11.9. The van der Waals surface area contributed by atoms with Crippen LogP contribution in [0.2, 0.25) is 0 Å². The molecule has 0 fully saturated rings. The third-order valence-corrected chi connectivity index (χ3v) is 6.55. The first kappa shape index (κ1) is 35.3. The lowest BCUT2D eigenvalue weighted by Crippen LogP contribution is -2.49. The first-order chi connectivity index (χ1) is 19.2. The van der Waals surface area contributed by atoms with Crippen LogP contribution >= 0.6 is 0 Å². The number of rotatable bonds is 14. The number of esters is 1. The fraction of sp³-hybridized carbons (Fsp3) is 0.464. The molecular formula is C28H45N7O5S. The predicted octanol–water partition coefficient (Wildman–Crippen LogP) is 2.85. The van der Waals surface area contributed by atoms with Crippen molar-refractivity contribution in [1.29, 1.82) is 5.41 Å². The summed E-state index contributed by atoms with van der Waals surface area (Å²) in [4.78, 5) is 15.1. The van der Waals surface area contributed by atoms with Crippen LogP contribution in [0.3, 0.4) is 0 Å². The Hall–Kier alpha value is -3.68. The molecule has 0 aliphatic heterocycles. The topological polar surface area (TPSA) is 201 Å². The summed E-state index contributed by atoms with van der Waals surface area (Å²) in [6.07, 6.45) is 2.02. The van der Waals surface area contributed by atoms with Crippen molar-refractivity contribution in [2.24, 2.45) is 22.3 Å². The van der Waals surface area contributed by atoms with Crippen LogP contribution in [0.1, 0.15) is 58.1 Å². The van der Waals surface area contributed by atoms with Gasteiger partial charge in [-0.1, -0.05) is 60.7 Å². The molecule has 0 unspecified atom stereocenters. The lowest BCUT2D eigenvalue weighted by molar-refractivity contribution is -0.153. The molecule has 12 nitrogen and oxygen atoms in total. The maximum Gasteiger partial charge on any atom is 0.323 e. The average Bonchev–Trinajstić information content (AvgIpc) is 2.88. The van der Waals surface area contributed by atoms with E-state index in [1.807, 2.05) is 30.3 Å². The molecule has 0 bridgehead atoms. The van der Waals surface area contributed by atoms with E-state index < -0.39 is 10.1 Å². The molecule has 0 aromatic heterocycles. The summed E-state index contributed by atoms with van der Waals surface area (Å²) in [6, 6.07) is 18.2. The molecule has 0 heterocycles. The molecule has 0 aliphatic rings. The van der Waals surface area contributed by atoms with Crippen LogP contribution in [-0.4, -0.2) is 65.4 Å². The second-order valence-electron chi connectivity index (χ2n) is 9.98. The number of hydrogen-bond donors (Lipinski definition) is 5. The summed E-state index contributed by atoms with van der Waals surface area (Å²) in [5, 5.41) is 12.6. The number of ether oxygens (including phenoxy) is 1. The molecule has 0 amide bonds. The standard InChI is InChI=1S/C21H37N7O2.C7H8O3S/c1-15(2)28(16(3)4)18(19(29)30-14-17-10-6-5-7-11-17)12-8-9-13-27(21(24)25)26-20(22)23;8-11(9,10)6-7-4-2-1-3-5-7/h5-7,10-11,15-16,18H,8-9,12-14H2,1-4H3,(H3,24,25)(H4,22,23,26);1-5H,6H2,(H,8,9,10)/t18-;/m1./s1. The van der Waals surface area contributed by atoms with Gasteiger partial charge in [0, 0.05) is 18.6 Å². The number of benzene rings is 2. The van der Waals surface area contributed by atoms with Gasteiger partial charge in [-0.15, -0.1) is 5.10 Å². The zero-order valence-electron chi connectivity index (χ0n) is 24.3. The molecule has 0 saturated carbocycles. The Bertz CT molecular complexity index is 1180. The fourth-order valence-electron chi connectivity index (χ4n) is 4.28. The second kappa shape index (κ2) is 17.9. The highest BCUT2D eigenvalue weighted by molar-refractivity contribution is 7.85. The van der Waals surface area contributed by atoms with Crippen molar-refractivity contribution in [3.05, 3.63) is 71.8 Å². The number of carbonyl (C=O) groups excluding carboxylic acids is 1. The number of nitrogens with one attached hydrogen (secondary N) is 1. The van der Waals surface area contributed by atoms with E-state index in [-0.39, 0.29) is 48.4 Å². The van der Waals surface area contributed by atoms with Gasteiger partial charge < -0.3 is 21.9 Å². The SMILES string of the molecule is CC(C)N(C(C)C)[C@H](CCCCN(N=C(N)N)C(=N)N)C(=O)OCc1ccccc1.O=S(=O)(O)Cc1ccccc1. The minimum absolute atomic E-state index is 0.154. The third kappa shape index (κ3) is 15.0. The Labute approximate surface area is 243 Å². The summed E-state index contributed by atoms with van der Waals surface area (Å²) in [5.41, 5.74) is 17.8. The highest BCUT2D eigenvalue weighted by Gasteiger charge is 2.30. The lowest BCUT2D eigenvalue weighted by atomic mass is 10.0. The maximum atomic E-state index is 13.0. The Balaban J connectivity index is 0.000000634. The number of guanidine groups is 2. The Morgan fingerprint density at radius 2 is 1.44 bits per heavy atom.